The summed E-state index contributed by atoms with van der Waals surface area (Å²) in [6.07, 6.45) is 4.01. The molecule has 1 fully saturated rings. The van der Waals surface area contributed by atoms with Crippen LogP contribution in [0.25, 0.3) is 0 Å². The molecule has 4 heteroatoms. The second-order valence-electron chi connectivity index (χ2n) is 6.09. The van der Waals surface area contributed by atoms with Gasteiger partial charge in [0.15, 0.2) is 0 Å². The fraction of sp³-hybridized carbons (Fsp3) is 0.562. The summed E-state index contributed by atoms with van der Waals surface area (Å²) in [7, 11) is 1.47. The summed E-state index contributed by atoms with van der Waals surface area (Å²) in [5, 5.41) is 3.48. The first-order chi connectivity index (χ1) is 9.43. The molecular weight excluding hydrogens is 318 g/mol. The molecule has 0 amide bonds. The molecule has 1 aromatic carbocycles. The summed E-state index contributed by atoms with van der Waals surface area (Å²) in [5.74, 6) is -0.169. The number of esters is 1. The van der Waals surface area contributed by atoms with E-state index in [4.69, 9.17) is 4.74 Å². The Hall–Kier alpha value is -1.03. The van der Waals surface area contributed by atoms with E-state index in [2.05, 4.69) is 35.1 Å². The molecule has 1 saturated carbocycles. The smallest absolute Gasteiger partial charge is 0.332 e. The van der Waals surface area contributed by atoms with E-state index in [9.17, 15) is 4.79 Å². The Kier molecular flexibility index (Phi) is 4.43. The number of hydrogen-bond acceptors (Lipinski definition) is 3. The third kappa shape index (κ3) is 2.58. The molecule has 0 bridgehead atoms. The molecule has 1 atom stereocenters. The minimum atomic E-state index is -0.663. The topological polar surface area (TPSA) is 38.3 Å². The molecule has 110 valence electrons. The molecule has 20 heavy (non-hydrogen) atoms. The predicted octanol–water partition coefficient (Wildman–Crippen LogP) is 4.37. The van der Waals surface area contributed by atoms with Crippen molar-refractivity contribution in [2.75, 3.05) is 12.4 Å². The third-order valence-corrected chi connectivity index (χ3v) is 5.21. The number of methoxy groups -OCH3 is 1. The number of carbonyl (C=O) groups is 1. The van der Waals surface area contributed by atoms with Crippen LogP contribution in [0.5, 0.6) is 0 Å². The molecule has 1 aromatic rings. The first-order valence-electron chi connectivity index (χ1n) is 7.04. The molecule has 0 saturated heterocycles. The zero-order valence-electron chi connectivity index (χ0n) is 12.3. The lowest BCUT2D eigenvalue weighted by Crippen LogP contribution is -2.59. The first-order valence-corrected chi connectivity index (χ1v) is 7.83. The van der Waals surface area contributed by atoms with E-state index >= 15 is 0 Å². The average molecular weight is 340 g/mol. The number of benzene rings is 1. The van der Waals surface area contributed by atoms with Crippen molar-refractivity contribution < 1.29 is 9.53 Å². The minimum Gasteiger partial charge on any atom is -0.467 e. The van der Waals surface area contributed by atoms with E-state index in [1.54, 1.807) is 0 Å². The Labute approximate surface area is 129 Å². The van der Waals surface area contributed by atoms with E-state index in [0.717, 1.165) is 35.8 Å². The van der Waals surface area contributed by atoms with Gasteiger partial charge < -0.3 is 10.1 Å². The van der Waals surface area contributed by atoms with E-state index < -0.39 is 5.54 Å². The number of halogens is 1. The summed E-state index contributed by atoms with van der Waals surface area (Å²) in [6.45, 7) is 4.29. The molecule has 1 unspecified atom stereocenters. The van der Waals surface area contributed by atoms with Crippen LogP contribution < -0.4 is 5.32 Å². The lowest BCUT2D eigenvalue weighted by Gasteiger charge is -2.48. The second-order valence-corrected chi connectivity index (χ2v) is 6.95. The number of ether oxygens (including phenoxy) is 1. The van der Waals surface area contributed by atoms with Crippen LogP contribution in [-0.4, -0.2) is 18.6 Å². The predicted molar refractivity (Wildman–Crippen MR) is 84.8 cm³/mol. The number of carbonyl (C=O) groups excluding carboxylic acids is 1. The first kappa shape index (κ1) is 15.4. The van der Waals surface area contributed by atoms with Gasteiger partial charge in [-0.3, -0.25) is 0 Å². The molecule has 0 spiro atoms. The van der Waals surface area contributed by atoms with Crippen LogP contribution in [0.3, 0.4) is 0 Å². The van der Waals surface area contributed by atoms with Crippen molar-refractivity contribution in [2.24, 2.45) is 5.41 Å². The van der Waals surface area contributed by atoms with Crippen LogP contribution in [0.4, 0.5) is 5.69 Å². The fourth-order valence-electron chi connectivity index (χ4n) is 3.14. The van der Waals surface area contributed by atoms with Crippen molar-refractivity contribution in [2.45, 2.75) is 45.1 Å². The minimum absolute atomic E-state index is 0.145. The Morgan fingerprint density at radius 3 is 2.50 bits per heavy atom. The van der Waals surface area contributed by atoms with Crippen LogP contribution in [0, 0.1) is 5.41 Å². The summed E-state index contributed by atoms with van der Waals surface area (Å²) in [5.41, 5.74) is 0.130. The normalized spacial score (nSPS) is 25.0. The van der Waals surface area contributed by atoms with E-state index in [0.29, 0.717) is 0 Å². The van der Waals surface area contributed by atoms with Crippen molar-refractivity contribution in [3.05, 3.63) is 28.7 Å². The van der Waals surface area contributed by atoms with Crippen molar-refractivity contribution >= 4 is 27.6 Å². The number of hydrogen-bond donors (Lipinski definition) is 1. The van der Waals surface area contributed by atoms with Crippen LogP contribution in [0.2, 0.25) is 0 Å². The standard InChI is InChI=1S/C16H22BrNO2/c1-15(2)10-6-7-11-16(15,14(19)20-3)18-13-9-5-4-8-12(13)17/h4-5,8-9,18H,6-7,10-11H2,1-3H3. The van der Waals surface area contributed by atoms with Gasteiger partial charge in [-0.25, -0.2) is 4.79 Å². The molecule has 0 radical (unpaired) electrons. The van der Waals surface area contributed by atoms with Crippen molar-refractivity contribution in [1.29, 1.82) is 0 Å². The van der Waals surface area contributed by atoms with Crippen LogP contribution in [-0.2, 0) is 9.53 Å². The lowest BCUT2D eigenvalue weighted by molar-refractivity contribution is -0.152. The third-order valence-electron chi connectivity index (χ3n) is 4.51. The van der Waals surface area contributed by atoms with Gasteiger partial charge in [-0.15, -0.1) is 0 Å². The maximum atomic E-state index is 12.5. The van der Waals surface area contributed by atoms with Crippen molar-refractivity contribution in [3.63, 3.8) is 0 Å². The maximum Gasteiger partial charge on any atom is 0.332 e. The van der Waals surface area contributed by atoms with Crippen molar-refractivity contribution in [1.82, 2.24) is 0 Å². The highest BCUT2D eigenvalue weighted by Gasteiger charge is 2.53. The van der Waals surface area contributed by atoms with Gasteiger partial charge >= 0.3 is 5.97 Å². The van der Waals surface area contributed by atoms with Gasteiger partial charge in [0, 0.05) is 10.2 Å². The molecule has 1 aliphatic rings. The summed E-state index contributed by atoms with van der Waals surface area (Å²) < 4.78 is 6.09. The summed E-state index contributed by atoms with van der Waals surface area (Å²) in [6, 6.07) is 7.89. The molecule has 3 nitrogen and oxygen atoms in total. The molecular formula is C16H22BrNO2. The number of anilines is 1. The molecule has 2 rings (SSSR count). The van der Waals surface area contributed by atoms with Gasteiger partial charge in [-0.2, -0.15) is 0 Å². The molecule has 1 N–H and O–H groups in total. The zero-order valence-corrected chi connectivity index (χ0v) is 13.9. The van der Waals surface area contributed by atoms with Gasteiger partial charge in [0.05, 0.1) is 7.11 Å². The quantitative estimate of drug-likeness (QED) is 0.830. The second kappa shape index (κ2) is 5.76. The molecule has 0 aliphatic heterocycles. The SMILES string of the molecule is COC(=O)C1(Nc2ccccc2Br)CCCCC1(C)C. The maximum absolute atomic E-state index is 12.5. The molecule has 1 aliphatic carbocycles. The summed E-state index contributed by atoms with van der Waals surface area (Å²) in [4.78, 5) is 12.5. The Balaban J connectivity index is 2.43. The van der Waals surface area contributed by atoms with Gasteiger partial charge in [0.1, 0.15) is 5.54 Å². The van der Waals surface area contributed by atoms with Gasteiger partial charge in [0.25, 0.3) is 0 Å². The average Bonchev–Trinajstić information content (AvgIpc) is 2.42. The Morgan fingerprint density at radius 2 is 1.90 bits per heavy atom. The van der Waals surface area contributed by atoms with Gasteiger partial charge in [0.2, 0.25) is 0 Å². The zero-order chi connectivity index (χ0) is 14.8. The fourth-order valence-corrected chi connectivity index (χ4v) is 3.52. The number of rotatable bonds is 3. The highest BCUT2D eigenvalue weighted by atomic mass is 79.9. The summed E-state index contributed by atoms with van der Waals surface area (Å²) >= 11 is 3.54. The van der Waals surface area contributed by atoms with Crippen LogP contribution in [0.15, 0.2) is 28.7 Å². The Bertz CT molecular complexity index is 501. The Morgan fingerprint density at radius 1 is 1.25 bits per heavy atom. The van der Waals surface area contributed by atoms with Crippen LogP contribution in [0.1, 0.15) is 39.5 Å². The van der Waals surface area contributed by atoms with Gasteiger partial charge in [-0.05, 0) is 46.3 Å². The highest BCUT2D eigenvalue weighted by molar-refractivity contribution is 9.10. The van der Waals surface area contributed by atoms with Crippen LogP contribution >= 0.6 is 15.9 Å². The van der Waals surface area contributed by atoms with Crippen molar-refractivity contribution in [3.8, 4) is 0 Å². The number of nitrogens with one attached hydrogen (secondary N) is 1. The van der Waals surface area contributed by atoms with Gasteiger partial charge in [-0.1, -0.05) is 38.8 Å². The highest BCUT2D eigenvalue weighted by Crippen LogP contribution is 2.47. The molecule has 0 aromatic heterocycles. The number of para-hydroxylation sites is 1. The van der Waals surface area contributed by atoms with E-state index in [1.165, 1.54) is 7.11 Å². The molecule has 0 heterocycles. The lowest BCUT2D eigenvalue weighted by atomic mass is 9.63. The van der Waals surface area contributed by atoms with E-state index in [-0.39, 0.29) is 11.4 Å². The van der Waals surface area contributed by atoms with E-state index in [1.807, 2.05) is 24.3 Å². The monoisotopic (exact) mass is 339 g/mol. The largest absolute Gasteiger partial charge is 0.467 e.